The molecule has 2 unspecified atom stereocenters. The average molecular weight is 193 g/mol. The second-order valence-corrected chi connectivity index (χ2v) is 4.85. The molecule has 0 spiro atoms. The normalized spacial score (nSPS) is 16.4. The van der Waals surface area contributed by atoms with Crippen molar-refractivity contribution in [1.82, 2.24) is 4.98 Å². The van der Waals surface area contributed by atoms with E-state index in [1.54, 1.807) is 6.20 Å². The summed E-state index contributed by atoms with van der Waals surface area (Å²) in [6.45, 7) is 8.13. The van der Waals surface area contributed by atoms with Crippen LogP contribution in [-0.4, -0.2) is 16.2 Å². The fourth-order valence-electron chi connectivity index (χ4n) is 1.56. The van der Waals surface area contributed by atoms with Gasteiger partial charge < -0.3 is 5.11 Å². The van der Waals surface area contributed by atoms with Gasteiger partial charge in [-0.3, -0.25) is 4.98 Å². The van der Waals surface area contributed by atoms with Crippen molar-refractivity contribution >= 4 is 0 Å². The summed E-state index contributed by atoms with van der Waals surface area (Å²) in [4.78, 5) is 4.25. The summed E-state index contributed by atoms with van der Waals surface area (Å²) in [6, 6.07) is 5.80. The first-order valence-electron chi connectivity index (χ1n) is 5.02. The summed E-state index contributed by atoms with van der Waals surface area (Å²) in [6.07, 6.45) is 1.40. The molecule has 0 saturated carbocycles. The quantitative estimate of drug-likeness (QED) is 0.783. The molecule has 0 aliphatic carbocycles. The summed E-state index contributed by atoms with van der Waals surface area (Å²) in [5.74, 6) is 0.0798. The van der Waals surface area contributed by atoms with Crippen LogP contribution in [0.5, 0.6) is 0 Å². The van der Waals surface area contributed by atoms with Crippen molar-refractivity contribution in [2.75, 3.05) is 0 Å². The van der Waals surface area contributed by atoms with Gasteiger partial charge in [0.05, 0.1) is 6.10 Å². The lowest BCUT2D eigenvalue weighted by Gasteiger charge is -2.30. The largest absolute Gasteiger partial charge is 0.392 e. The second-order valence-electron chi connectivity index (χ2n) is 4.85. The van der Waals surface area contributed by atoms with Crippen LogP contribution in [0.25, 0.3) is 0 Å². The van der Waals surface area contributed by atoms with E-state index in [4.69, 9.17) is 0 Å². The minimum absolute atomic E-state index is 0.0798. The molecule has 1 aromatic heterocycles. The molecule has 0 aliphatic heterocycles. The Bertz CT molecular complexity index is 276. The van der Waals surface area contributed by atoms with Crippen LogP contribution in [0.4, 0.5) is 0 Å². The topological polar surface area (TPSA) is 33.1 Å². The first kappa shape index (κ1) is 11.2. The van der Waals surface area contributed by atoms with Gasteiger partial charge in [-0.25, -0.2) is 0 Å². The number of hydrogen-bond acceptors (Lipinski definition) is 2. The van der Waals surface area contributed by atoms with E-state index < -0.39 is 0 Å². The lowest BCUT2D eigenvalue weighted by atomic mass is 9.81. The van der Waals surface area contributed by atoms with Gasteiger partial charge >= 0.3 is 0 Å². The molecule has 2 nitrogen and oxygen atoms in total. The molecule has 0 aromatic carbocycles. The third kappa shape index (κ3) is 2.55. The Morgan fingerprint density at radius 3 is 2.36 bits per heavy atom. The Morgan fingerprint density at radius 1 is 1.29 bits per heavy atom. The van der Waals surface area contributed by atoms with E-state index >= 15 is 0 Å². The van der Waals surface area contributed by atoms with E-state index in [9.17, 15) is 5.11 Å². The van der Waals surface area contributed by atoms with Gasteiger partial charge in [0.15, 0.2) is 0 Å². The maximum absolute atomic E-state index is 10.1. The SMILES string of the molecule is CC(c1ccccn1)C(O)C(C)(C)C. The van der Waals surface area contributed by atoms with Gasteiger partial charge in [-0.1, -0.05) is 33.8 Å². The number of rotatable bonds is 2. The zero-order chi connectivity index (χ0) is 10.8. The average Bonchev–Trinajstić information content (AvgIpc) is 2.15. The number of aliphatic hydroxyl groups is 1. The minimum atomic E-state index is -0.364. The lowest BCUT2D eigenvalue weighted by Crippen LogP contribution is -2.31. The van der Waals surface area contributed by atoms with Gasteiger partial charge in [-0.2, -0.15) is 0 Å². The molecule has 14 heavy (non-hydrogen) atoms. The van der Waals surface area contributed by atoms with Crippen molar-refractivity contribution in [2.45, 2.75) is 39.7 Å². The highest BCUT2D eigenvalue weighted by molar-refractivity contribution is 5.11. The van der Waals surface area contributed by atoms with E-state index in [1.807, 2.05) is 45.9 Å². The van der Waals surface area contributed by atoms with Crippen molar-refractivity contribution in [3.05, 3.63) is 30.1 Å². The molecule has 2 atom stereocenters. The molecule has 2 heteroatoms. The Labute approximate surface area is 86.0 Å². The molecule has 1 heterocycles. The van der Waals surface area contributed by atoms with Crippen LogP contribution < -0.4 is 0 Å². The third-order valence-electron chi connectivity index (χ3n) is 2.52. The molecule has 1 rings (SSSR count). The van der Waals surface area contributed by atoms with Crippen LogP contribution in [0.3, 0.4) is 0 Å². The van der Waals surface area contributed by atoms with E-state index in [2.05, 4.69) is 4.98 Å². The lowest BCUT2D eigenvalue weighted by molar-refractivity contribution is 0.0424. The number of nitrogens with zero attached hydrogens (tertiary/aromatic N) is 1. The summed E-state index contributed by atoms with van der Waals surface area (Å²) >= 11 is 0. The zero-order valence-electron chi connectivity index (χ0n) is 9.36. The first-order chi connectivity index (χ1) is 6.43. The van der Waals surface area contributed by atoms with Gasteiger partial charge in [-0.15, -0.1) is 0 Å². The molecule has 0 bridgehead atoms. The molecule has 1 aromatic rings. The van der Waals surface area contributed by atoms with Crippen LogP contribution >= 0.6 is 0 Å². The summed E-state index contributed by atoms with van der Waals surface area (Å²) in [5, 5.41) is 10.1. The van der Waals surface area contributed by atoms with Crippen LogP contribution in [0.2, 0.25) is 0 Å². The van der Waals surface area contributed by atoms with Gasteiger partial charge in [0, 0.05) is 17.8 Å². The van der Waals surface area contributed by atoms with Gasteiger partial charge in [0.1, 0.15) is 0 Å². The molecule has 0 amide bonds. The number of aliphatic hydroxyl groups excluding tert-OH is 1. The number of pyridine rings is 1. The zero-order valence-corrected chi connectivity index (χ0v) is 9.36. The minimum Gasteiger partial charge on any atom is -0.392 e. The maximum Gasteiger partial charge on any atom is 0.0669 e. The fraction of sp³-hybridized carbons (Fsp3) is 0.583. The third-order valence-corrected chi connectivity index (χ3v) is 2.52. The molecule has 1 N–H and O–H groups in total. The van der Waals surface area contributed by atoms with Crippen LogP contribution in [0, 0.1) is 5.41 Å². The fourth-order valence-corrected chi connectivity index (χ4v) is 1.56. The smallest absolute Gasteiger partial charge is 0.0669 e. The van der Waals surface area contributed by atoms with Crippen LogP contribution in [0.15, 0.2) is 24.4 Å². The highest BCUT2D eigenvalue weighted by Gasteiger charge is 2.28. The molecular formula is C12H19NO. The van der Waals surface area contributed by atoms with E-state index in [0.29, 0.717) is 0 Å². The second kappa shape index (κ2) is 4.09. The highest BCUT2D eigenvalue weighted by atomic mass is 16.3. The van der Waals surface area contributed by atoms with Crippen LogP contribution in [-0.2, 0) is 0 Å². The predicted octanol–water partition coefficient (Wildman–Crippen LogP) is 2.59. The summed E-state index contributed by atoms with van der Waals surface area (Å²) < 4.78 is 0. The van der Waals surface area contributed by atoms with Crippen molar-refractivity contribution in [3.63, 3.8) is 0 Å². The Balaban J connectivity index is 2.81. The molecule has 0 fully saturated rings. The van der Waals surface area contributed by atoms with E-state index in [1.165, 1.54) is 0 Å². The molecule has 78 valence electrons. The van der Waals surface area contributed by atoms with Crippen LogP contribution in [0.1, 0.15) is 39.3 Å². The Kier molecular flexibility index (Phi) is 3.27. The van der Waals surface area contributed by atoms with Crippen molar-refractivity contribution in [3.8, 4) is 0 Å². The summed E-state index contributed by atoms with van der Waals surface area (Å²) in [7, 11) is 0. The number of aromatic nitrogens is 1. The van der Waals surface area contributed by atoms with Gasteiger partial charge in [0.2, 0.25) is 0 Å². The molecular weight excluding hydrogens is 174 g/mol. The Morgan fingerprint density at radius 2 is 1.93 bits per heavy atom. The maximum atomic E-state index is 10.1. The first-order valence-corrected chi connectivity index (χ1v) is 5.02. The monoisotopic (exact) mass is 193 g/mol. The van der Waals surface area contributed by atoms with Crippen molar-refractivity contribution in [1.29, 1.82) is 0 Å². The standard InChI is InChI=1S/C12H19NO/c1-9(11(14)12(2,3)4)10-7-5-6-8-13-10/h5-9,11,14H,1-4H3. The van der Waals surface area contributed by atoms with E-state index in [0.717, 1.165) is 5.69 Å². The van der Waals surface area contributed by atoms with Crippen molar-refractivity contribution in [2.24, 2.45) is 5.41 Å². The summed E-state index contributed by atoms with van der Waals surface area (Å²) in [5.41, 5.74) is 0.853. The number of hydrogen-bond donors (Lipinski definition) is 1. The van der Waals surface area contributed by atoms with Gasteiger partial charge in [-0.05, 0) is 17.5 Å². The molecule has 0 saturated heterocycles. The Hall–Kier alpha value is -0.890. The van der Waals surface area contributed by atoms with E-state index in [-0.39, 0.29) is 17.4 Å². The van der Waals surface area contributed by atoms with Crippen molar-refractivity contribution < 1.29 is 5.11 Å². The highest BCUT2D eigenvalue weighted by Crippen LogP contribution is 2.30. The molecule has 0 aliphatic rings. The predicted molar refractivity (Wildman–Crippen MR) is 58.1 cm³/mol. The van der Waals surface area contributed by atoms with Gasteiger partial charge in [0.25, 0.3) is 0 Å². The molecule has 0 radical (unpaired) electrons.